The van der Waals surface area contributed by atoms with Gasteiger partial charge in [0.25, 0.3) is 0 Å². The second kappa shape index (κ2) is 7.24. The van der Waals surface area contributed by atoms with Crippen molar-refractivity contribution in [3.05, 3.63) is 49.1 Å². The Morgan fingerprint density at radius 2 is 1.53 bits per heavy atom. The highest BCUT2D eigenvalue weighted by Gasteiger charge is 2.09. The quantitative estimate of drug-likeness (QED) is 0.665. The SMILES string of the molecule is C=C.c1ccc(CN2CCCCC2)cc1. The lowest BCUT2D eigenvalue weighted by molar-refractivity contribution is 0.221. The molecule has 0 amide bonds. The largest absolute Gasteiger partial charge is 0.299 e. The molecule has 0 aromatic heterocycles. The summed E-state index contributed by atoms with van der Waals surface area (Å²) in [5.74, 6) is 0. The number of hydrogen-bond donors (Lipinski definition) is 0. The summed E-state index contributed by atoms with van der Waals surface area (Å²) in [6.45, 7) is 9.71. The molecule has 1 saturated heterocycles. The maximum absolute atomic E-state index is 3.00. The molecule has 0 atom stereocenters. The molecular formula is C14H21N. The van der Waals surface area contributed by atoms with Gasteiger partial charge in [0.05, 0.1) is 0 Å². The molecule has 1 aromatic rings. The van der Waals surface area contributed by atoms with Crippen LogP contribution in [0.2, 0.25) is 0 Å². The van der Waals surface area contributed by atoms with Crippen LogP contribution in [0.4, 0.5) is 0 Å². The molecule has 15 heavy (non-hydrogen) atoms. The van der Waals surface area contributed by atoms with Crippen molar-refractivity contribution in [2.24, 2.45) is 0 Å². The molecule has 1 aromatic carbocycles. The van der Waals surface area contributed by atoms with Gasteiger partial charge in [0.2, 0.25) is 0 Å². The second-order valence-corrected chi connectivity index (χ2v) is 3.82. The van der Waals surface area contributed by atoms with Gasteiger partial charge in [0.15, 0.2) is 0 Å². The van der Waals surface area contributed by atoms with Gasteiger partial charge in [-0.3, -0.25) is 4.90 Å². The standard InChI is InChI=1S/C12H17N.C2H4/c1-3-7-12(8-4-1)11-13-9-5-2-6-10-13;1-2/h1,3-4,7-8H,2,5-6,9-11H2;1-2H2. The molecule has 1 aliphatic heterocycles. The highest BCUT2D eigenvalue weighted by molar-refractivity contribution is 5.14. The lowest BCUT2D eigenvalue weighted by Crippen LogP contribution is -2.28. The van der Waals surface area contributed by atoms with Gasteiger partial charge >= 0.3 is 0 Å². The first kappa shape index (κ1) is 12.0. The third-order valence-electron chi connectivity index (χ3n) is 2.70. The summed E-state index contributed by atoms with van der Waals surface area (Å²) in [6.07, 6.45) is 4.19. The number of nitrogens with zero attached hydrogens (tertiary/aromatic N) is 1. The predicted molar refractivity (Wildman–Crippen MR) is 66.8 cm³/mol. The van der Waals surface area contributed by atoms with Crippen LogP contribution < -0.4 is 0 Å². The molecule has 1 heteroatoms. The molecule has 0 unspecified atom stereocenters. The van der Waals surface area contributed by atoms with Crippen LogP contribution in [0.15, 0.2) is 43.5 Å². The Labute approximate surface area is 93.4 Å². The number of piperidine rings is 1. The molecule has 1 aliphatic rings. The lowest BCUT2D eigenvalue weighted by atomic mass is 10.1. The summed E-state index contributed by atoms with van der Waals surface area (Å²) < 4.78 is 0. The van der Waals surface area contributed by atoms with Crippen LogP contribution in [0.3, 0.4) is 0 Å². The zero-order valence-electron chi connectivity index (χ0n) is 9.49. The van der Waals surface area contributed by atoms with Gasteiger partial charge < -0.3 is 0 Å². The van der Waals surface area contributed by atoms with Crippen molar-refractivity contribution in [3.63, 3.8) is 0 Å². The first-order valence-electron chi connectivity index (χ1n) is 5.71. The summed E-state index contributed by atoms with van der Waals surface area (Å²) in [4.78, 5) is 2.55. The first-order chi connectivity index (χ1) is 7.45. The summed E-state index contributed by atoms with van der Waals surface area (Å²) in [6, 6.07) is 10.8. The Morgan fingerprint density at radius 1 is 0.933 bits per heavy atom. The fraction of sp³-hybridized carbons (Fsp3) is 0.429. The maximum Gasteiger partial charge on any atom is 0.0233 e. The average Bonchev–Trinajstić information content (AvgIpc) is 2.34. The van der Waals surface area contributed by atoms with Gasteiger partial charge in [-0.05, 0) is 31.5 Å². The van der Waals surface area contributed by atoms with Gasteiger partial charge in [0.1, 0.15) is 0 Å². The van der Waals surface area contributed by atoms with E-state index in [1.807, 2.05) is 0 Å². The molecule has 0 saturated carbocycles. The zero-order chi connectivity index (χ0) is 10.9. The van der Waals surface area contributed by atoms with Gasteiger partial charge in [-0.1, -0.05) is 36.8 Å². The van der Waals surface area contributed by atoms with E-state index in [0.29, 0.717) is 0 Å². The minimum atomic E-state index is 1.14. The Hall–Kier alpha value is -1.08. The molecular weight excluding hydrogens is 182 g/mol. The Balaban J connectivity index is 0.000000531. The van der Waals surface area contributed by atoms with Crippen LogP contribution in [0.1, 0.15) is 24.8 Å². The fourth-order valence-electron chi connectivity index (χ4n) is 1.96. The van der Waals surface area contributed by atoms with Crippen LogP contribution in [0.25, 0.3) is 0 Å². The van der Waals surface area contributed by atoms with Crippen molar-refractivity contribution in [1.82, 2.24) is 4.90 Å². The third-order valence-corrected chi connectivity index (χ3v) is 2.70. The van der Waals surface area contributed by atoms with Crippen molar-refractivity contribution >= 4 is 0 Å². The smallest absolute Gasteiger partial charge is 0.0233 e. The molecule has 1 nitrogen and oxygen atoms in total. The second-order valence-electron chi connectivity index (χ2n) is 3.82. The zero-order valence-corrected chi connectivity index (χ0v) is 9.49. The topological polar surface area (TPSA) is 3.24 Å². The van der Waals surface area contributed by atoms with E-state index < -0.39 is 0 Å². The van der Waals surface area contributed by atoms with E-state index in [4.69, 9.17) is 0 Å². The number of likely N-dealkylation sites (tertiary alicyclic amines) is 1. The van der Waals surface area contributed by atoms with E-state index in [1.165, 1.54) is 37.9 Å². The first-order valence-corrected chi connectivity index (χ1v) is 5.71. The minimum absolute atomic E-state index is 1.14. The molecule has 0 N–H and O–H groups in total. The normalized spacial score (nSPS) is 16.5. The van der Waals surface area contributed by atoms with Gasteiger partial charge in [-0.2, -0.15) is 0 Å². The lowest BCUT2D eigenvalue weighted by Gasteiger charge is -2.26. The van der Waals surface area contributed by atoms with E-state index in [1.54, 1.807) is 0 Å². The number of hydrogen-bond acceptors (Lipinski definition) is 1. The molecule has 82 valence electrons. The van der Waals surface area contributed by atoms with Crippen LogP contribution in [0.5, 0.6) is 0 Å². The van der Waals surface area contributed by atoms with Gasteiger partial charge in [-0.15, -0.1) is 13.2 Å². The Bertz CT molecular complexity index is 249. The fourth-order valence-corrected chi connectivity index (χ4v) is 1.96. The van der Waals surface area contributed by atoms with E-state index in [9.17, 15) is 0 Å². The molecule has 0 bridgehead atoms. The van der Waals surface area contributed by atoms with Gasteiger partial charge in [-0.25, -0.2) is 0 Å². The monoisotopic (exact) mass is 203 g/mol. The van der Waals surface area contributed by atoms with E-state index in [2.05, 4.69) is 48.4 Å². The Morgan fingerprint density at radius 3 is 2.13 bits per heavy atom. The van der Waals surface area contributed by atoms with Crippen molar-refractivity contribution in [3.8, 4) is 0 Å². The predicted octanol–water partition coefficient (Wildman–Crippen LogP) is 3.47. The molecule has 1 heterocycles. The Kier molecular flexibility index (Phi) is 5.79. The molecule has 1 fully saturated rings. The summed E-state index contributed by atoms with van der Waals surface area (Å²) in [5.41, 5.74) is 1.45. The van der Waals surface area contributed by atoms with E-state index in [0.717, 1.165) is 6.54 Å². The third kappa shape index (κ3) is 4.30. The van der Waals surface area contributed by atoms with Gasteiger partial charge in [0, 0.05) is 6.54 Å². The highest BCUT2D eigenvalue weighted by Crippen LogP contribution is 2.12. The molecule has 2 rings (SSSR count). The number of benzene rings is 1. The summed E-state index contributed by atoms with van der Waals surface area (Å²) in [7, 11) is 0. The summed E-state index contributed by atoms with van der Waals surface area (Å²) >= 11 is 0. The summed E-state index contributed by atoms with van der Waals surface area (Å²) in [5, 5.41) is 0. The van der Waals surface area contributed by atoms with Crippen LogP contribution in [-0.4, -0.2) is 18.0 Å². The van der Waals surface area contributed by atoms with Crippen molar-refractivity contribution < 1.29 is 0 Å². The van der Waals surface area contributed by atoms with E-state index in [-0.39, 0.29) is 0 Å². The van der Waals surface area contributed by atoms with Crippen molar-refractivity contribution in [2.45, 2.75) is 25.8 Å². The van der Waals surface area contributed by atoms with Crippen LogP contribution >= 0.6 is 0 Å². The van der Waals surface area contributed by atoms with E-state index >= 15 is 0 Å². The van der Waals surface area contributed by atoms with Crippen molar-refractivity contribution in [1.29, 1.82) is 0 Å². The number of rotatable bonds is 2. The van der Waals surface area contributed by atoms with Crippen LogP contribution in [0, 0.1) is 0 Å². The van der Waals surface area contributed by atoms with Crippen LogP contribution in [-0.2, 0) is 6.54 Å². The maximum atomic E-state index is 3.00. The molecule has 0 spiro atoms. The molecule has 0 aliphatic carbocycles. The highest BCUT2D eigenvalue weighted by atomic mass is 15.1. The van der Waals surface area contributed by atoms with Crippen molar-refractivity contribution in [2.75, 3.05) is 13.1 Å². The average molecular weight is 203 g/mol. The molecule has 0 radical (unpaired) electrons. The minimum Gasteiger partial charge on any atom is -0.299 e.